The molecule has 0 aliphatic heterocycles. The van der Waals surface area contributed by atoms with Gasteiger partial charge in [-0.15, -0.1) is 0 Å². The summed E-state index contributed by atoms with van der Waals surface area (Å²) in [5.74, 6) is -0.154. The van der Waals surface area contributed by atoms with Crippen molar-refractivity contribution in [2.24, 2.45) is 0 Å². The number of ether oxygens (including phenoxy) is 1. The van der Waals surface area contributed by atoms with Crippen molar-refractivity contribution in [3.8, 4) is 5.75 Å². The number of H-pyrrole nitrogens is 1. The number of nitrogens with zero attached hydrogens (tertiary/aromatic N) is 1. The van der Waals surface area contributed by atoms with Gasteiger partial charge in [0.15, 0.2) is 0 Å². The second-order valence-electron chi connectivity index (χ2n) is 4.78. The molecule has 0 atom stereocenters. The maximum absolute atomic E-state index is 10.8. The lowest BCUT2D eigenvalue weighted by atomic mass is 10.1. The van der Waals surface area contributed by atoms with Gasteiger partial charge in [-0.3, -0.25) is 5.10 Å². The number of carboxylic acid groups (broad SMARTS) is 1. The molecule has 0 fully saturated rings. The quantitative estimate of drug-likeness (QED) is 0.773. The van der Waals surface area contributed by atoms with Gasteiger partial charge in [0.05, 0.1) is 23.9 Å². The number of aromatic carboxylic acids is 1. The number of hydrogen-bond donors (Lipinski definition) is 2. The normalized spacial score (nSPS) is 11.1. The molecule has 0 saturated heterocycles. The third-order valence-electron chi connectivity index (χ3n) is 3.39. The van der Waals surface area contributed by atoms with E-state index in [4.69, 9.17) is 9.84 Å². The summed E-state index contributed by atoms with van der Waals surface area (Å²) in [5.41, 5.74) is 2.91. The summed E-state index contributed by atoms with van der Waals surface area (Å²) >= 11 is 0. The highest BCUT2D eigenvalue weighted by Crippen LogP contribution is 2.22. The minimum Gasteiger partial charge on any atom is -0.497 e. The van der Waals surface area contributed by atoms with Gasteiger partial charge in [0.1, 0.15) is 5.75 Å². The van der Waals surface area contributed by atoms with Crippen LogP contribution in [0.5, 0.6) is 5.75 Å². The lowest BCUT2D eigenvalue weighted by molar-refractivity contribution is 0.0697. The van der Waals surface area contributed by atoms with Crippen LogP contribution in [0.1, 0.15) is 21.6 Å². The Kier molecular flexibility index (Phi) is 3.62. The highest BCUT2D eigenvalue weighted by molar-refractivity contribution is 5.91. The molecule has 3 aromatic rings. The molecule has 3 rings (SSSR count). The van der Waals surface area contributed by atoms with Crippen molar-refractivity contribution in [2.75, 3.05) is 7.11 Å². The number of aromatic nitrogens is 2. The Bertz CT molecular complexity index is 848. The van der Waals surface area contributed by atoms with Gasteiger partial charge in [-0.05, 0) is 35.9 Å². The molecule has 5 nitrogen and oxygen atoms in total. The number of aromatic amines is 1. The fourth-order valence-electron chi connectivity index (χ4n) is 2.19. The Labute approximate surface area is 126 Å². The molecule has 0 amide bonds. The van der Waals surface area contributed by atoms with Crippen molar-refractivity contribution in [3.63, 3.8) is 0 Å². The minimum atomic E-state index is -0.928. The first-order chi connectivity index (χ1) is 10.7. The monoisotopic (exact) mass is 294 g/mol. The lowest BCUT2D eigenvalue weighted by Gasteiger charge is -1.98. The summed E-state index contributed by atoms with van der Waals surface area (Å²) < 4.78 is 5.18. The largest absolute Gasteiger partial charge is 0.497 e. The Morgan fingerprint density at radius 3 is 2.64 bits per heavy atom. The number of methoxy groups -OCH3 is 1. The first-order valence-corrected chi connectivity index (χ1v) is 6.71. The summed E-state index contributed by atoms with van der Waals surface area (Å²) in [5, 5.41) is 17.1. The molecule has 0 bridgehead atoms. The molecule has 2 aromatic carbocycles. The molecule has 22 heavy (non-hydrogen) atoms. The van der Waals surface area contributed by atoms with Crippen LogP contribution in [0.2, 0.25) is 0 Å². The Morgan fingerprint density at radius 1 is 1.18 bits per heavy atom. The predicted molar refractivity (Wildman–Crippen MR) is 85.0 cm³/mol. The first-order valence-electron chi connectivity index (χ1n) is 6.71. The van der Waals surface area contributed by atoms with E-state index >= 15 is 0 Å². The number of fused-ring (bicyclic) bond motifs is 1. The number of carboxylic acids is 1. The van der Waals surface area contributed by atoms with Gasteiger partial charge in [0.25, 0.3) is 0 Å². The zero-order valence-corrected chi connectivity index (χ0v) is 11.9. The SMILES string of the molecule is COc1ccc2c(C=Cc3ccc(C(=O)O)cc3)n[nH]c2c1. The van der Waals surface area contributed by atoms with Gasteiger partial charge in [0.2, 0.25) is 0 Å². The van der Waals surface area contributed by atoms with Crippen molar-refractivity contribution < 1.29 is 14.6 Å². The number of carbonyl (C=O) groups is 1. The van der Waals surface area contributed by atoms with Gasteiger partial charge in [-0.25, -0.2) is 4.79 Å². The van der Waals surface area contributed by atoms with Crippen LogP contribution in [-0.4, -0.2) is 28.4 Å². The summed E-state index contributed by atoms with van der Waals surface area (Å²) in [6, 6.07) is 12.4. The van der Waals surface area contributed by atoms with E-state index in [2.05, 4.69) is 10.2 Å². The molecule has 0 saturated carbocycles. The number of nitrogens with one attached hydrogen (secondary N) is 1. The van der Waals surface area contributed by atoms with Gasteiger partial charge in [-0.1, -0.05) is 18.2 Å². The van der Waals surface area contributed by atoms with Crippen molar-refractivity contribution in [1.29, 1.82) is 0 Å². The molecular weight excluding hydrogens is 280 g/mol. The van der Waals surface area contributed by atoms with Crippen LogP contribution in [-0.2, 0) is 0 Å². The van der Waals surface area contributed by atoms with E-state index in [0.717, 1.165) is 27.9 Å². The van der Waals surface area contributed by atoms with Crippen molar-refractivity contribution >= 4 is 29.0 Å². The van der Waals surface area contributed by atoms with E-state index in [0.29, 0.717) is 0 Å². The van der Waals surface area contributed by atoms with Crippen molar-refractivity contribution in [1.82, 2.24) is 10.2 Å². The average Bonchev–Trinajstić information content (AvgIpc) is 2.95. The fraction of sp³-hybridized carbons (Fsp3) is 0.0588. The molecule has 0 radical (unpaired) electrons. The smallest absolute Gasteiger partial charge is 0.335 e. The van der Waals surface area contributed by atoms with E-state index in [1.165, 1.54) is 0 Å². The fourth-order valence-corrected chi connectivity index (χ4v) is 2.19. The summed E-state index contributed by atoms with van der Waals surface area (Å²) in [6.07, 6.45) is 3.78. The lowest BCUT2D eigenvalue weighted by Crippen LogP contribution is -1.94. The van der Waals surface area contributed by atoms with Crippen LogP contribution in [0.25, 0.3) is 23.1 Å². The highest BCUT2D eigenvalue weighted by Gasteiger charge is 2.04. The Hall–Kier alpha value is -3.08. The Morgan fingerprint density at radius 2 is 1.95 bits per heavy atom. The van der Waals surface area contributed by atoms with Crippen LogP contribution in [0, 0.1) is 0 Å². The molecule has 110 valence electrons. The topological polar surface area (TPSA) is 75.2 Å². The van der Waals surface area contributed by atoms with E-state index < -0.39 is 5.97 Å². The van der Waals surface area contributed by atoms with Crippen molar-refractivity contribution in [2.45, 2.75) is 0 Å². The van der Waals surface area contributed by atoms with E-state index in [1.807, 2.05) is 30.4 Å². The minimum absolute atomic E-state index is 0.273. The van der Waals surface area contributed by atoms with Gasteiger partial charge < -0.3 is 9.84 Å². The molecular formula is C17H14N2O3. The number of hydrogen-bond acceptors (Lipinski definition) is 3. The molecule has 0 aliphatic carbocycles. The molecule has 0 aliphatic rings. The zero-order valence-electron chi connectivity index (χ0n) is 11.9. The zero-order chi connectivity index (χ0) is 15.5. The molecule has 2 N–H and O–H groups in total. The highest BCUT2D eigenvalue weighted by atomic mass is 16.5. The van der Waals surface area contributed by atoms with Crippen LogP contribution < -0.4 is 4.74 Å². The van der Waals surface area contributed by atoms with Crippen LogP contribution in [0.4, 0.5) is 0 Å². The molecule has 1 heterocycles. The van der Waals surface area contributed by atoms with E-state index in [9.17, 15) is 4.79 Å². The average molecular weight is 294 g/mol. The maximum atomic E-state index is 10.8. The summed E-state index contributed by atoms with van der Waals surface area (Å²) in [4.78, 5) is 10.8. The summed E-state index contributed by atoms with van der Waals surface area (Å²) in [6.45, 7) is 0. The van der Waals surface area contributed by atoms with Crippen LogP contribution in [0.3, 0.4) is 0 Å². The van der Waals surface area contributed by atoms with Crippen molar-refractivity contribution in [3.05, 3.63) is 59.3 Å². The molecule has 0 spiro atoms. The second kappa shape index (κ2) is 5.73. The first kappa shape index (κ1) is 13.9. The molecule has 0 unspecified atom stereocenters. The maximum Gasteiger partial charge on any atom is 0.335 e. The number of benzene rings is 2. The van der Waals surface area contributed by atoms with Crippen LogP contribution in [0.15, 0.2) is 42.5 Å². The standard InChI is InChI=1S/C17H14N2O3/c1-22-13-7-8-14-15(18-19-16(14)10-13)9-4-11-2-5-12(6-3-11)17(20)21/h2-10H,1H3,(H,18,19)(H,20,21). The van der Waals surface area contributed by atoms with Crippen LogP contribution >= 0.6 is 0 Å². The Balaban J connectivity index is 1.87. The number of rotatable bonds is 4. The molecule has 5 heteroatoms. The van der Waals surface area contributed by atoms with E-state index in [-0.39, 0.29) is 5.56 Å². The van der Waals surface area contributed by atoms with Gasteiger partial charge >= 0.3 is 5.97 Å². The molecule has 1 aromatic heterocycles. The predicted octanol–water partition coefficient (Wildman–Crippen LogP) is 3.44. The van der Waals surface area contributed by atoms with Gasteiger partial charge in [0, 0.05) is 11.5 Å². The third-order valence-corrected chi connectivity index (χ3v) is 3.39. The summed E-state index contributed by atoms with van der Waals surface area (Å²) in [7, 11) is 1.62. The van der Waals surface area contributed by atoms with E-state index in [1.54, 1.807) is 31.4 Å². The third kappa shape index (κ3) is 2.69. The second-order valence-corrected chi connectivity index (χ2v) is 4.78. The van der Waals surface area contributed by atoms with Gasteiger partial charge in [-0.2, -0.15) is 5.10 Å².